The molecule has 0 saturated heterocycles. The van der Waals surface area contributed by atoms with E-state index in [1.54, 1.807) is 0 Å². The molecule has 176 valence electrons. The molecule has 0 saturated carbocycles. The molecule has 12 heteroatoms. The highest BCUT2D eigenvalue weighted by atomic mass is 28.5. The SMILES string of the molecule is C[Si](C)(C)N[Si](C)(N[Si](C)(C)C)N([Si](C)(C)C)[Si](C)(N[Si](C)(C)C)O[Si](C)(C)C. The number of hydrogen-bond donors (Lipinski definition) is 3. The van der Waals surface area contributed by atoms with Crippen LogP contribution in [0.3, 0.4) is 0 Å². The van der Waals surface area contributed by atoms with Gasteiger partial charge in [-0.3, -0.25) is 0 Å². The van der Waals surface area contributed by atoms with E-state index in [1.165, 1.54) is 0 Å². The second-order valence-electron chi connectivity index (χ2n) is 13.9. The molecule has 0 aliphatic heterocycles. The Bertz CT molecular complexity index is 468. The van der Waals surface area contributed by atoms with Crippen LogP contribution >= 0.6 is 0 Å². The van der Waals surface area contributed by atoms with Crippen molar-refractivity contribution in [2.24, 2.45) is 0 Å². The van der Waals surface area contributed by atoms with Gasteiger partial charge in [0, 0.05) is 0 Å². The summed E-state index contributed by atoms with van der Waals surface area (Å²) in [5.41, 5.74) is 0. The Balaban J connectivity index is 6.85. The average molecular weight is 527 g/mol. The predicted molar refractivity (Wildman–Crippen MR) is 152 cm³/mol. The molecule has 0 aliphatic rings. The summed E-state index contributed by atoms with van der Waals surface area (Å²) in [4.78, 5) is 0. The molecule has 1 atom stereocenters. The van der Waals surface area contributed by atoms with Gasteiger partial charge in [0.25, 0.3) is 8.56 Å². The zero-order valence-corrected chi connectivity index (χ0v) is 29.9. The molecule has 0 aromatic heterocycles. The van der Waals surface area contributed by atoms with Crippen LogP contribution in [0.15, 0.2) is 0 Å². The minimum absolute atomic E-state index is 1.52. The Kier molecular flexibility index (Phi) is 9.71. The molecular weight excluding hydrogens is 473 g/mol. The third-order valence-electron chi connectivity index (χ3n) is 3.89. The lowest BCUT2D eigenvalue weighted by atomic mass is 11.8. The maximum Gasteiger partial charge on any atom is 0.322 e. The van der Waals surface area contributed by atoms with Crippen LogP contribution in [0.5, 0.6) is 0 Å². The summed E-state index contributed by atoms with van der Waals surface area (Å²) >= 11 is 0. The Hall–Kier alpha value is 1.32. The van der Waals surface area contributed by atoms with Gasteiger partial charge in [-0.1, -0.05) is 78.6 Å². The van der Waals surface area contributed by atoms with E-state index in [-0.39, 0.29) is 0 Å². The predicted octanol–water partition coefficient (Wildman–Crippen LogP) is 5.39. The van der Waals surface area contributed by atoms with E-state index in [1.807, 2.05) is 0 Å². The summed E-state index contributed by atoms with van der Waals surface area (Å²) in [6.45, 7) is 41.5. The lowest BCUT2D eigenvalue weighted by molar-refractivity contribution is 0.485. The molecular formula is C17H54N4OSi7. The van der Waals surface area contributed by atoms with Crippen LogP contribution in [0.4, 0.5) is 0 Å². The Morgan fingerprint density at radius 3 is 1.00 bits per heavy atom. The smallest absolute Gasteiger partial charge is 0.322 e. The largest absolute Gasteiger partial charge is 0.434 e. The van der Waals surface area contributed by atoms with E-state index in [2.05, 4.69) is 129 Å². The number of nitrogens with one attached hydrogen (secondary N) is 3. The molecule has 0 heterocycles. The molecule has 0 rings (SSSR count). The molecule has 0 spiro atoms. The summed E-state index contributed by atoms with van der Waals surface area (Å²) in [6, 6.07) is 0. The van der Waals surface area contributed by atoms with Gasteiger partial charge in [0.1, 0.15) is 32.9 Å². The Morgan fingerprint density at radius 1 is 0.483 bits per heavy atom. The van der Waals surface area contributed by atoms with Crippen LogP contribution < -0.4 is 13.9 Å². The van der Waals surface area contributed by atoms with Gasteiger partial charge in [-0.2, -0.15) is 0 Å². The van der Waals surface area contributed by atoms with Crippen molar-refractivity contribution in [2.75, 3.05) is 0 Å². The summed E-state index contributed by atoms with van der Waals surface area (Å²) < 4.78 is 23.0. The fraction of sp³-hybridized carbons (Fsp3) is 1.00. The minimum Gasteiger partial charge on any atom is -0.434 e. The van der Waals surface area contributed by atoms with Crippen molar-refractivity contribution in [3.05, 3.63) is 0 Å². The first-order valence-corrected chi connectivity index (χ1v) is 33.2. The van der Waals surface area contributed by atoms with Crippen molar-refractivity contribution in [2.45, 2.75) is 111 Å². The second-order valence-corrected chi connectivity index (χ2v) is 46.6. The number of hydrogen-bond acceptors (Lipinski definition) is 5. The highest BCUT2D eigenvalue weighted by Crippen LogP contribution is 2.29. The zero-order valence-electron chi connectivity index (χ0n) is 22.9. The fourth-order valence-electron chi connectivity index (χ4n) is 4.76. The van der Waals surface area contributed by atoms with Crippen molar-refractivity contribution in [1.82, 2.24) is 17.8 Å². The standard InChI is InChI=1S/C17H54N4OSi7/c1-23(2,3)18-28(16,19-24(4,5)6)21(26(10,11)12)29(17,20-25(7,8)9)22-27(13,14)15/h18-20H,1-17H3. The van der Waals surface area contributed by atoms with E-state index in [9.17, 15) is 0 Å². The summed E-state index contributed by atoms with van der Waals surface area (Å²) in [7, 11) is -12.6. The van der Waals surface area contributed by atoms with Crippen LogP contribution in [-0.4, -0.2) is 62.4 Å². The average Bonchev–Trinajstić information content (AvgIpc) is 2.10. The Morgan fingerprint density at radius 2 is 0.793 bits per heavy atom. The molecule has 29 heavy (non-hydrogen) atoms. The maximum atomic E-state index is 7.21. The third kappa shape index (κ3) is 11.7. The first kappa shape index (κ1) is 30.3. The number of rotatable bonds is 11. The highest BCUT2D eigenvalue weighted by molar-refractivity contribution is 7.10. The van der Waals surface area contributed by atoms with Crippen molar-refractivity contribution < 1.29 is 4.12 Å². The lowest BCUT2D eigenvalue weighted by Crippen LogP contribution is -2.91. The van der Waals surface area contributed by atoms with E-state index in [4.69, 9.17) is 4.12 Å². The highest BCUT2D eigenvalue weighted by Gasteiger charge is 2.58. The first-order valence-electron chi connectivity index (χ1n) is 11.1. The first-order chi connectivity index (χ1) is 12.2. The molecule has 0 fully saturated rings. The molecule has 0 amide bonds. The molecule has 5 nitrogen and oxygen atoms in total. The lowest BCUT2D eigenvalue weighted by Gasteiger charge is -2.59. The molecule has 0 radical (unpaired) electrons. The molecule has 1 unspecified atom stereocenters. The van der Waals surface area contributed by atoms with Crippen molar-refractivity contribution in [3.63, 3.8) is 0 Å². The van der Waals surface area contributed by atoms with Crippen LogP contribution in [0.2, 0.25) is 111 Å². The van der Waals surface area contributed by atoms with Crippen molar-refractivity contribution in [1.29, 1.82) is 0 Å². The van der Waals surface area contributed by atoms with Gasteiger partial charge in [-0.05, 0) is 32.7 Å². The fourth-order valence-corrected chi connectivity index (χ4v) is 47.7. The third-order valence-corrected chi connectivity index (χ3v) is 35.0. The van der Waals surface area contributed by atoms with Gasteiger partial charge < -0.3 is 22.0 Å². The van der Waals surface area contributed by atoms with Crippen molar-refractivity contribution >= 4 is 58.5 Å². The summed E-state index contributed by atoms with van der Waals surface area (Å²) in [5.74, 6) is 0. The quantitative estimate of drug-likeness (QED) is 0.315. The topological polar surface area (TPSA) is 48.6 Å². The van der Waals surface area contributed by atoms with Gasteiger partial charge >= 0.3 is 8.64 Å². The van der Waals surface area contributed by atoms with Crippen LogP contribution in [0.1, 0.15) is 0 Å². The molecule has 0 bridgehead atoms. The minimum atomic E-state index is -2.37. The molecule has 0 aromatic rings. The van der Waals surface area contributed by atoms with E-state index in [0.29, 0.717) is 0 Å². The monoisotopic (exact) mass is 526 g/mol. The van der Waals surface area contributed by atoms with Crippen LogP contribution in [-0.2, 0) is 4.12 Å². The molecule has 0 aromatic carbocycles. The summed E-state index contributed by atoms with van der Waals surface area (Å²) in [6.07, 6.45) is 0. The van der Waals surface area contributed by atoms with Gasteiger partial charge in [-0.15, -0.1) is 0 Å². The molecule has 0 aliphatic carbocycles. The summed E-state index contributed by atoms with van der Waals surface area (Å²) in [5, 5.41) is 0. The normalized spacial score (nSPS) is 17.6. The van der Waals surface area contributed by atoms with E-state index >= 15 is 0 Å². The van der Waals surface area contributed by atoms with Crippen LogP contribution in [0, 0.1) is 0 Å². The van der Waals surface area contributed by atoms with Gasteiger partial charge in [0.05, 0.1) is 0 Å². The van der Waals surface area contributed by atoms with Gasteiger partial charge in [0.2, 0.25) is 0 Å². The number of nitrogens with zero attached hydrogens (tertiary/aromatic N) is 1. The zero-order chi connectivity index (χ0) is 23.9. The van der Waals surface area contributed by atoms with E-state index in [0.717, 1.165) is 0 Å². The van der Waals surface area contributed by atoms with Crippen LogP contribution in [0.25, 0.3) is 0 Å². The van der Waals surface area contributed by atoms with Crippen molar-refractivity contribution in [3.8, 4) is 0 Å². The second kappa shape index (κ2) is 9.29. The maximum absolute atomic E-state index is 7.21. The Labute approximate surface area is 191 Å². The molecule has 3 N–H and O–H groups in total. The van der Waals surface area contributed by atoms with Gasteiger partial charge in [-0.25, -0.2) is 0 Å². The van der Waals surface area contributed by atoms with Gasteiger partial charge in [0.15, 0.2) is 8.32 Å². The van der Waals surface area contributed by atoms with E-state index < -0.39 is 58.5 Å².